The van der Waals surface area contributed by atoms with Gasteiger partial charge in [0.1, 0.15) is 6.10 Å². The average molecular weight is 331 g/mol. The second-order valence-corrected chi connectivity index (χ2v) is 6.68. The van der Waals surface area contributed by atoms with Crippen molar-refractivity contribution in [3.05, 3.63) is 29.8 Å². The van der Waals surface area contributed by atoms with Crippen LogP contribution in [0.2, 0.25) is 0 Å². The van der Waals surface area contributed by atoms with Crippen LogP contribution < -0.4 is 16.4 Å². The molecule has 6 heteroatoms. The molecule has 2 fully saturated rings. The van der Waals surface area contributed by atoms with Crippen molar-refractivity contribution < 1.29 is 14.3 Å². The van der Waals surface area contributed by atoms with Gasteiger partial charge in [-0.05, 0) is 50.3 Å². The molecule has 2 amide bonds. The third-order valence-electron chi connectivity index (χ3n) is 4.65. The van der Waals surface area contributed by atoms with E-state index in [2.05, 4.69) is 10.6 Å². The first-order valence-electron chi connectivity index (χ1n) is 8.63. The van der Waals surface area contributed by atoms with Gasteiger partial charge < -0.3 is 21.1 Å². The van der Waals surface area contributed by atoms with Crippen LogP contribution in [0.5, 0.6) is 0 Å². The van der Waals surface area contributed by atoms with E-state index in [1.165, 1.54) is 0 Å². The smallest absolute Gasteiger partial charge is 0.249 e. The first kappa shape index (κ1) is 16.9. The summed E-state index contributed by atoms with van der Waals surface area (Å²) in [5.41, 5.74) is 7.35. The van der Waals surface area contributed by atoms with E-state index in [0.717, 1.165) is 30.5 Å². The SMILES string of the molecule is CC(NC(=O)[C@@H]1CC[C@H](CN)O1)c1ccc(NC(=O)C2CC2)cc1. The number of benzene rings is 1. The van der Waals surface area contributed by atoms with Crippen LogP contribution in [0.25, 0.3) is 0 Å². The highest BCUT2D eigenvalue weighted by atomic mass is 16.5. The molecule has 4 N–H and O–H groups in total. The van der Waals surface area contributed by atoms with Crippen molar-refractivity contribution in [3.8, 4) is 0 Å². The standard InChI is InChI=1S/C18H25N3O3/c1-11(20-18(23)16-9-8-15(10-19)24-16)12-4-6-14(7-5-12)21-17(22)13-2-3-13/h4-7,11,13,15-16H,2-3,8-10,19H2,1H3,(H,20,23)(H,21,22)/t11?,15-,16+/m1/s1. The van der Waals surface area contributed by atoms with Crippen LogP contribution in [-0.4, -0.2) is 30.6 Å². The van der Waals surface area contributed by atoms with Crippen LogP contribution in [0.1, 0.15) is 44.2 Å². The molecular formula is C18H25N3O3. The van der Waals surface area contributed by atoms with Gasteiger partial charge in [0.2, 0.25) is 11.8 Å². The number of amides is 2. The largest absolute Gasteiger partial charge is 0.364 e. The molecule has 1 aliphatic heterocycles. The van der Waals surface area contributed by atoms with Crippen LogP contribution in [0.4, 0.5) is 5.69 Å². The second-order valence-electron chi connectivity index (χ2n) is 6.68. The van der Waals surface area contributed by atoms with Crippen LogP contribution >= 0.6 is 0 Å². The third kappa shape index (κ3) is 4.13. The van der Waals surface area contributed by atoms with Crippen molar-refractivity contribution in [3.63, 3.8) is 0 Å². The van der Waals surface area contributed by atoms with Crippen LogP contribution in [0.3, 0.4) is 0 Å². The number of anilines is 1. The zero-order chi connectivity index (χ0) is 17.1. The highest BCUT2D eigenvalue weighted by Crippen LogP contribution is 2.30. The normalized spacial score (nSPS) is 24.4. The molecule has 3 rings (SSSR count). The van der Waals surface area contributed by atoms with Crippen molar-refractivity contribution in [1.82, 2.24) is 5.32 Å². The summed E-state index contributed by atoms with van der Waals surface area (Å²) in [6.45, 7) is 2.39. The van der Waals surface area contributed by atoms with Gasteiger partial charge in [0.05, 0.1) is 12.1 Å². The number of carbonyl (C=O) groups is 2. The Morgan fingerprint density at radius 2 is 1.88 bits per heavy atom. The van der Waals surface area contributed by atoms with E-state index in [-0.39, 0.29) is 29.9 Å². The van der Waals surface area contributed by atoms with Crippen LogP contribution in [0, 0.1) is 5.92 Å². The van der Waals surface area contributed by atoms with Gasteiger partial charge in [-0.3, -0.25) is 9.59 Å². The Bertz CT molecular complexity index is 598. The molecule has 0 spiro atoms. The van der Waals surface area contributed by atoms with E-state index in [9.17, 15) is 9.59 Å². The summed E-state index contributed by atoms with van der Waals surface area (Å²) in [5, 5.41) is 5.89. The van der Waals surface area contributed by atoms with Gasteiger partial charge in [-0.25, -0.2) is 0 Å². The minimum absolute atomic E-state index is 0.00887. The van der Waals surface area contributed by atoms with Crippen molar-refractivity contribution in [2.24, 2.45) is 11.7 Å². The maximum absolute atomic E-state index is 12.3. The topological polar surface area (TPSA) is 93.5 Å². The Morgan fingerprint density at radius 1 is 1.17 bits per heavy atom. The molecule has 1 heterocycles. The lowest BCUT2D eigenvalue weighted by molar-refractivity contribution is -0.132. The predicted octanol–water partition coefficient (Wildman–Crippen LogP) is 1.72. The van der Waals surface area contributed by atoms with Gasteiger partial charge in [-0.2, -0.15) is 0 Å². The van der Waals surface area contributed by atoms with E-state index in [1.54, 1.807) is 0 Å². The molecule has 1 aliphatic carbocycles. The molecule has 1 saturated carbocycles. The summed E-state index contributed by atoms with van der Waals surface area (Å²) in [4.78, 5) is 24.0. The number of rotatable bonds is 6. The van der Waals surface area contributed by atoms with Gasteiger partial charge in [-0.1, -0.05) is 12.1 Å². The Balaban J connectivity index is 1.51. The Hall–Kier alpha value is -1.92. The molecular weight excluding hydrogens is 306 g/mol. The second kappa shape index (κ2) is 7.32. The fourth-order valence-corrected chi connectivity index (χ4v) is 2.91. The summed E-state index contributed by atoms with van der Waals surface area (Å²) >= 11 is 0. The van der Waals surface area contributed by atoms with Gasteiger partial charge >= 0.3 is 0 Å². The van der Waals surface area contributed by atoms with Crippen LogP contribution in [-0.2, 0) is 14.3 Å². The van der Waals surface area contributed by atoms with Crippen molar-refractivity contribution in [2.75, 3.05) is 11.9 Å². The molecule has 1 aromatic rings. The van der Waals surface area contributed by atoms with Gasteiger partial charge in [0.15, 0.2) is 0 Å². The lowest BCUT2D eigenvalue weighted by Gasteiger charge is -2.18. The fourth-order valence-electron chi connectivity index (χ4n) is 2.91. The lowest BCUT2D eigenvalue weighted by atomic mass is 10.1. The maximum Gasteiger partial charge on any atom is 0.249 e. The lowest BCUT2D eigenvalue weighted by Crippen LogP contribution is -2.37. The minimum Gasteiger partial charge on any atom is -0.364 e. The molecule has 0 radical (unpaired) electrons. The molecule has 130 valence electrons. The van der Waals surface area contributed by atoms with E-state index in [0.29, 0.717) is 13.0 Å². The summed E-state index contributed by atoms with van der Waals surface area (Å²) in [6.07, 6.45) is 3.11. The molecule has 24 heavy (non-hydrogen) atoms. The number of carbonyl (C=O) groups excluding carboxylic acids is 2. The quantitative estimate of drug-likeness (QED) is 0.740. The summed E-state index contributed by atoms with van der Waals surface area (Å²) < 4.78 is 5.62. The van der Waals surface area contributed by atoms with Crippen molar-refractivity contribution >= 4 is 17.5 Å². The van der Waals surface area contributed by atoms with E-state index < -0.39 is 6.10 Å². The molecule has 1 saturated heterocycles. The fraction of sp³-hybridized carbons (Fsp3) is 0.556. The maximum atomic E-state index is 12.3. The summed E-state index contributed by atoms with van der Waals surface area (Å²) in [7, 11) is 0. The number of hydrogen-bond donors (Lipinski definition) is 3. The zero-order valence-electron chi connectivity index (χ0n) is 14.0. The number of nitrogens with two attached hydrogens (primary N) is 1. The third-order valence-corrected chi connectivity index (χ3v) is 4.65. The molecule has 1 aromatic carbocycles. The molecule has 3 atom stereocenters. The summed E-state index contributed by atoms with van der Waals surface area (Å²) in [5.74, 6) is 0.188. The average Bonchev–Trinajstić information content (AvgIpc) is 3.32. The van der Waals surface area contributed by atoms with E-state index in [1.807, 2.05) is 31.2 Å². The highest BCUT2D eigenvalue weighted by molar-refractivity contribution is 5.94. The first-order chi connectivity index (χ1) is 11.6. The zero-order valence-corrected chi connectivity index (χ0v) is 14.0. The number of hydrogen-bond acceptors (Lipinski definition) is 4. The predicted molar refractivity (Wildman–Crippen MR) is 91.3 cm³/mol. The van der Waals surface area contributed by atoms with E-state index >= 15 is 0 Å². The molecule has 1 unspecified atom stereocenters. The minimum atomic E-state index is -0.405. The molecule has 0 aromatic heterocycles. The monoisotopic (exact) mass is 331 g/mol. The summed E-state index contributed by atoms with van der Waals surface area (Å²) in [6, 6.07) is 7.46. The van der Waals surface area contributed by atoms with Crippen LogP contribution in [0.15, 0.2) is 24.3 Å². The number of nitrogens with one attached hydrogen (secondary N) is 2. The Labute approximate surface area is 142 Å². The van der Waals surface area contributed by atoms with Gasteiger partial charge in [-0.15, -0.1) is 0 Å². The highest BCUT2D eigenvalue weighted by Gasteiger charge is 2.31. The van der Waals surface area contributed by atoms with Gasteiger partial charge in [0.25, 0.3) is 0 Å². The Kier molecular flexibility index (Phi) is 5.16. The molecule has 0 bridgehead atoms. The van der Waals surface area contributed by atoms with E-state index in [4.69, 9.17) is 10.5 Å². The number of ether oxygens (including phenoxy) is 1. The van der Waals surface area contributed by atoms with Gasteiger partial charge in [0, 0.05) is 18.2 Å². The van der Waals surface area contributed by atoms with Crippen molar-refractivity contribution in [1.29, 1.82) is 0 Å². The van der Waals surface area contributed by atoms with Crippen molar-refractivity contribution in [2.45, 2.75) is 50.9 Å². The molecule has 2 aliphatic rings. The molecule has 6 nitrogen and oxygen atoms in total. The Morgan fingerprint density at radius 3 is 2.46 bits per heavy atom. The first-order valence-corrected chi connectivity index (χ1v) is 8.63.